The highest BCUT2D eigenvalue weighted by molar-refractivity contribution is 6.69. The summed E-state index contributed by atoms with van der Waals surface area (Å²) in [5.41, 5.74) is 0.137. The van der Waals surface area contributed by atoms with E-state index in [2.05, 4.69) is 0 Å². The highest BCUT2D eigenvalue weighted by Gasteiger charge is 2.16. The van der Waals surface area contributed by atoms with Gasteiger partial charge in [0.25, 0.3) is 5.69 Å². The number of halogens is 4. The third-order valence-corrected chi connectivity index (χ3v) is 2.33. The highest BCUT2D eigenvalue weighted by Crippen LogP contribution is 2.26. The average molecular weight is 291 g/mol. The van der Waals surface area contributed by atoms with Gasteiger partial charge in [0.05, 0.1) is 10.8 Å². The van der Waals surface area contributed by atoms with Crippen LogP contribution in [0.5, 0.6) is 0 Å². The maximum Gasteiger partial charge on any atom is 0.269 e. The minimum atomic E-state index is -1.28. The van der Waals surface area contributed by atoms with Crippen LogP contribution in [0.25, 0.3) is 0 Å². The molecule has 0 heterocycles. The fourth-order valence-electron chi connectivity index (χ4n) is 0.550. The maximum atomic E-state index is 10.0. The summed E-state index contributed by atoms with van der Waals surface area (Å²) < 4.78 is -1.28. The maximum absolute atomic E-state index is 10.0. The van der Waals surface area contributed by atoms with Crippen LogP contribution >= 0.6 is 46.4 Å². The van der Waals surface area contributed by atoms with Crippen LogP contribution < -0.4 is 0 Å². The van der Waals surface area contributed by atoms with Gasteiger partial charge in [0.1, 0.15) is 0 Å². The summed E-state index contributed by atoms with van der Waals surface area (Å²) in [6.45, 7) is 0. The number of nitro benzene ring substituents is 1. The Hall–Kier alpha value is -0.220. The van der Waals surface area contributed by atoms with Crippen LogP contribution in [-0.2, 0) is 0 Å². The van der Waals surface area contributed by atoms with Gasteiger partial charge >= 0.3 is 0 Å². The fraction of sp³-hybridized carbons (Fsp3) is 0.250. The number of nitrogens with zero attached hydrogens (tertiary/aromatic N) is 1. The third kappa shape index (κ3) is 8.75. The van der Waals surface area contributed by atoms with Crippen molar-refractivity contribution in [3.63, 3.8) is 0 Å². The van der Waals surface area contributed by atoms with Crippen molar-refractivity contribution in [3.8, 4) is 0 Å². The molecule has 0 radical (unpaired) electrons. The summed E-state index contributed by atoms with van der Waals surface area (Å²) in [6.07, 6.45) is 0. The van der Waals surface area contributed by atoms with Crippen molar-refractivity contribution in [1.29, 1.82) is 0 Å². The summed E-state index contributed by atoms with van der Waals surface area (Å²) >= 11 is 20.4. The van der Waals surface area contributed by atoms with Crippen LogP contribution in [0.3, 0.4) is 0 Å². The highest BCUT2D eigenvalue weighted by atomic mass is 35.6. The molecule has 0 atom stereocenters. The molecule has 0 N–H and O–H groups in total. The molecule has 0 aromatic heterocycles. The minimum absolute atomic E-state index is 0.0394. The van der Waals surface area contributed by atoms with Crippen molar-refractivity contribution in [3.05, 3.63) is 40.4 Å². The number of hydrogen-bond acceptors (Lipinski definition) is 2. The largest absolute Gasteiger partial charge is 0.269 e. The average Bonchev–Trinajstić information content (AvgIpc) is 2.19. The van der Waals surface area contributed by atoms with E-state index < -0.39 is 8.72 Å². The monoisotopic (exact) mass is 289 g/mol. The lowest BCUT2D eigenvalue weighted by Gasteiger charge is -2.00. The predicted molar refractivity (Wildman–Crippen MR) is 64.1 cm³/mol. The lowest BCUT2D eigenvalue weighted by molar-refractivity contribution is -0.384. The normalized spacial score (nSPS) is 10.1. The fourth-order valence-corrected chi connectivity index (χ4v) is 0.550. The molecule has 0 saturated carbocycles. The van der Waals surface area contributed by atoms with E-state index in [9.17, 15) is 10.1 Å². The number of rotatable bonds is 1. The first-order chi connectivity index (χ1) is 6.87. The molecule has 84 valence electrons. The van der Waals surface area contributed by atoms with Gasteiger partial charge in [-0.25, -0.2) is 0 Å². The van der Waals surface area contributed by atoms with Crippen molar-refractivity contribution in [1.82, 2.24) is 0 Å². The van der Waals surface area contributed by atoms with Crippen LogP contribution in [-0.4, -0.2) is 14.6 Å². The van der Waals surface area contributed by atoms with Crippen molar-refractivity contribution in [2.24, 2.45) is 0 Å². The smallest absolute Gasteiger partial charge is 0.258 e. The molecule has 0 aliphatic carbocycles. The molecule has 0 amide bonds. The summed E-state index contributed by atoms with van der Waals surface area (Å²) in [7, 11) is 0. The summed E-state index contributed by atoms with van der Waals surface area (Å²) in [4.78, 5) is 9.59. The lowest BCUT2D eigenvalue weighted by Crippen LogP contribution is -2.01. The predicted octanol–water partition coefficient (Wildman–Crippen LogP) is 4.19. The second kappa shape index (κ2) is 7.12. The zero-order chi connectivity index (χ0) is 11.9. The van der Waals surface area contributed by atoms with Gasteiger partial charge < -0.3 is 0 Å². The Labute approximate surface area is 107 Å². The molecule has 0 fully saturated rings. The Morgan fingerprint density at radius 3 is 1.80 bits per heavy atom. The van der Waals surface area contributed by atoms with Gasteiger partial charge in [0.2, 0.25) is 3.79 Å². The minimum Gasteiger partial charge on any atom is -0.258 e. The third-order valence-electron chi connectivity index (χ3n) is 1.12. The molecule has 0 aliphatic rings. The Balaban J connectivity index is 0.000000288. The lowest BCUT2D eigenvalue weighted by atomic mass is 10.3. The van der Waals surface area contributed by atoms with E-state index in [0.29, 0.717) is 0 Å². The van der Waals surface area contributed by atoms with E-state index in [1.165, 1.54) is 12.1 Å². The molecule has 1 aromatic carbocycles. The van der Waals surface area contributed by atoms with Crippen LogP contribution in [0.4, 0.5) is 5.69 Å². The van der Waals surface area contributed by atoms with E-state index >= 15 is 0 Å². The summed E-state index contributed by atoms with van der Waals surface area (Å²) in [5.74, 6) is 0.0394. The quantitative estimate of drug-likeness (QED) is 0.442. The SMILES string of the molecule is ClCC(Cl)(Cl)Cl.O=[N+]([O-])c1ccccc1. The van der Waals surface area contributed by atoms with Gasteiger partial charge in [-0.2, -0.15) is 0 Å². The number of alkyl halides is 4. The molecule has 0 saturated heterocycles. The molecule has 1 aromatic rings. The Morgan fingerprint density at radius 1 is 1.20 bits per heavy atom. The second-order valence-corrected chi connectivity index (χ2v) is 5.12. The molecular weight excluding hydrogens is 284 g/mol. The molecule has 15 heavy (non-hydrogen) atoms. The van der Waals surface area contributed by atoms with Gasteiger partial charge in [-0.3, -0.25) is 10.1 Å². The Morgan fingerprint density at radius 2 is 1.60 bits per heavy atom. The number of nitro groups is 1. The molecule has 3 nitrogen and oxygen atoms in total. The van der Waals surface area contributed by atoms with Gasteiger partial charge in [0.15, 0.2) is 0 Å². The van der Waals surface area contributed by atoms with Crippen molar-refractivity contribution in [2.45, 2.75) is 3.79 Å². The first kappa shape index (κ1) is 14.8. The van der Waals surface area contributed by atoms with Gasteiger partial charge in [-0.15, -0.1) is 11.6 Å². The Kier molecular flexibility index (Phi) is 7.02. The first-order valence-electron chi connectivity index (χ1n) is 3.69. The van der Waals surface area contributed by atoms with Crippen LogP contribution in [0.1, 0.15) is 0 Å². The summed E-state index contributed by atoms with van der Waals surface area (Å²) in [6, 6.07) is 7.93. The number of benzene rings is 1. The molecule has 0 spiro atoms. The van der Waals surface area contributed by atoms with Crippen molar-refractivity contribution in [2.75, 3.05) is 5.88 Å². The molecular formula is C8H7Cl4NO2. The van der Waals surface area contributed by atoms with Gasteiger partial charge in [-0.1, -0.05) is 53.0 Å². The van der Waals surface area contributed by atoms with Crippen LogP contribution in [0.15, 0.2) is 30.3 Å². The second-order valence-electron chi connectivity index (χ2n) is 2.34. The molecule has 7 heteroatoms. The standard InChI is InChI=1S/C6H5NO2.C2H2Cl4/c8-7(9)6-4-2-1-3-5-6;3-1-2(4,5)6/h1-5H;1H2. The summed E-state index contributed by atoms with van der Waals surface area (Å²) in [5, 5.41) is 10.0. The zero-order valence-corrected chi connectivity index (χ0v) is 10.4. The van der Waals surface area contributed by atoms with Crippen LogP contribution in [0, 0.1) is 10.1 Å². The number of non-ortho nitro benzene ring substituents is 1. The van der Waals surface area contributed by atoms with E-state index in [-0.39, 0.29) is 11.6 Å². The molecule has 0 bridgehead atoms. The number of hydrogen-bond donors (Lipinski definition) is 0. The topological polar surface area (TPSA) is 43.1 Å². The Bertz CT molecular complexity index is 299. The van der Waals surface area contributed by atoms with Crippen molar-refractivity contribution < 1.29 is 4.92 Å². The van der Waals surface area contributed by atoms with E-state index in [1.807, 2.05) is 0 Å². The first-order valence-corrected chi connectivity index (χ1v) is 5.36. The molecule has 0 aliphatic heterocycles. The molecule has 1 rings (SSSR count). The van der Waals surface area contributed by atoms with Crippen LogP contribution in [0.2, 0.25) is 0 Å². The van der Waals surface area contributed by atoms with E-state index in [4.69, 9.17) is 46.4 Å². The molecule has 0 unspecified atom stereocenters. The zero-order valence-electron chi connectivity index (χ0n) is 7.37. The van der Waals surface area contributed by atoms with E-state index in [1.54, 1.807) is 18.2 Å². The van der Waals surface area contributed by atoms with Gasteiger partial charge in [-0.05, 0) is 0 Å². The van der Waals surface area contributed by atoms with Crippen molar-refractivity contribution >= 4 is 52.1 Å². The van der Waals surface area contributed by atoms with Gasteiger partial charge in [0, 0.05) is 12.1 Å². The number of para-hydroxylation sites is 1. The van der Waals surface area contributed by atoms with E-state index in [0.717, 1.165) is 0 Å².